The van der Waals surface area contributed by atoms with Gasteiger partial charge in [-0.1, -0.05) is 32.4 Å². The summed E-state index contributed by atoms with van der Waals surface area (Å²) in [6.45, 7) is 4.47. The maximum absolute atomic E-state index is 9.91. The van der Waals surface area contributed by atoms with Crippen LogP contribution in [0.1, 0.15) is 39.5 Å². The molecule has 0 aromatic heterocycles. The summed E-state index contributed by atoms with van der Waals surface area (Å²) in [5, 5.41) is 0. The normalized spacial score (nSPS) is 13.6. The van der Waals surface area contributed by atoms with E-state index in [4.69, 9.17) is 0 Å². The minimum Gasteiger partial charge on any atom is -0.303 e. The van der Waals surface area contributed by atoms with E-state index < -0.39 is 0 Å². The molecule has 0 aromatic carbocycles. The average Bonchev–Trinajstić information content (AvgIpc) is 2.04. The van der Waals surface area contributed by atoms with Crippen LogP contribution in [0.5, 0.6) is 0 Å². The first-order valence-corrected chi connectivity index (χ1v) is 4.39. The Morgan fingerprint density at radius 1 is 1.36 bits per heavy atom. The molecule has 0 bridgehead atoms. The van der Waals surface area contributed by atoms with E-state index in [-0.39, 0.29) is 0 Å². The maximum atomic E-state index is 9.91. The fraction of sp³-hybridized carbons (Fsp3) is 0.700. The molecule has 0 aliphatic rings. The molecule has 0 aromatic rings. The molecule has 0 N–H and O–H groups in total. The van der Waals surface area contributed by atoms with Gasteiger partial charge in [-0.05, 0) is 18.8 Å². The highest BCUT2D eigenvalue weighted by Crippen LogP contribution is 2.09. The Hall–Kier alpha value is -0.590. The summed E-state index contributed by atoms with van der Waals surface area (Å²) >= 11 is 0. The Kier molecular flexibility index (Phi) is 7.11. The lowest BCUT2D eigenvalue weighted by Crippen LogP contribution is -1.89. The van der Waals surface area contributed by atoms with E-state index in [0.29, 0.717) is 6.42 Å². The fourth-order valence-corrected chi connectivity index (χ4v) is 0.854. The molecule has 0 radical (unpaired) electrons. The van der Waals surface area contributed by atoms with Crippen LogP contribution >= 0.6 is 0 Å². The van der Waals surface area contributed by atoms with Gasteiger partial charge in [0, 0.05) is 6.42 Å². The van der Waals surface area contributed by atoms with Crippen molar-refractivity contribution in [1.82, 2.24) is 0 Å². The summed E-state index contributed by atoms with van der Waals surface area (Å²) in [6, 6.07) is 0. The van der Waals surface area contributed by atoms with Crippen LogP contribution < -0.4 is 0 Å². The number of carbonyl (C=O) groups excluding carboxylic acids is 1. The van der Waals surface area contributed by atoms with Crippen LogP contribution in [-0.2, 0) is 4.79 Å². The second-order valence-corrected chi connectivity index (χ2v) is 2.96. The van der Waals surface area contributed by atoms with Gasteiger partial charge in [0.25, 0.3) is 0 Å². The fourth-order valence-electron chi connectivity index (χ4n) is 0.854. The third-order valence-corrected chi connectivity index (χ3v) is 1.92. The Bertz CT molecular complexity index is 116. The third-order valence-electron chi connectivity index (χ3n) is 1.92. The van der Waals surface area contributed by atoms with Crippen molar-refractivity contribution in [3.8, 4) is 0 Å². The summed E-state index contributed by atoms with van der Waals surface area (Å²) in [6.07, 6.45) is 9.15. The van der Waals surface area contributed by atoms with E-state index in [9.17, 15) is 4.79 Å². The maximum Gasteiger partial charge on any atom is 0.123 e. The predicted molar refractivity (Wildman–Crippen MR) is 48.5 cm³/mol. The highest BCUT2D eigenvalue weighted by atomic mass is 16.1. The number of aldehydes is 1. The van der Waals surface area contributed by atoms with Crippen LogP contribution in [0, 0.1) is 5.92 Å². The van der Waals surface area contributed by atoms with E-state index in [1.54, 1.807) is 0 Å². The predicted octanol–water partition coefficient (Wildman–Crippen LogP) is 2.96. The minimum absolute atomic E-state index is 0.570. The first-order chi connectivity index (χ1) is 5.31. The molecule has 64 valence electrons. The summed E-state index contributed by atoms with van der Waals surface area (Å²) in [5.41, 5.74) is 0. The van der Waals surface area contributed by atoms with Gasteiger partial charge in [0.15, 0.2) is 0 Å². The SMILES string of the molecule is CCC(C)CC/C=C/CC=O. The molecular formula is C10H18O. The Morgan fingerprint density at radius 2 is 2.09 bits per heavy atom. The van der Waals surface area contributed by atoms with Gasteiger partial charge >= 0.3 is 0 Å². The Morgan fingerprint density at radius 3 is 2.64 bits per heavy atom. The second-order valence-electron chi connectivity index (χ2n) is 2.96. The highest BCUT2D eigenvalue weighted by molar-refractivity contribution is 5.51. The molecular weight excluding hydrogens is 136 g/mol. The molecule has 1 heteroatoms. The van der Waals surface area contributed by atoms with Crippen molar-refractivity contribution < 1.29 is 4.79 Å². The van der Waals surface area contributed by atoms with Gasteiger partial charge in [-0.2, -0.15) is 0 Å². The monoisotopic (exact) mass is 154 g/mol. The van der Waals surface area contributed by atoms with Crippen LogP contribution in [0.3, 0.4) is 0 Å². The second kappa shape index (κ2) is 7.52. The lowest BCUT2D eigenvalue weighted by molar-refractivity contribution is -0.107. The van der Waals surface area contributed by atoms with Crippen LogP contribution in [0.25, 0.3) is 0 Å². The van der Waals surface area contributed by atoms with Gasteiger partial charge in [0.1, 0.15) is 6.29 Å². The van der Waals surface area contributed by atoms with Crippen LogP contribution in [0.4, 0.5) is 0 Å². The van der Waals surface area contributed by atoms with E-state index in [0.717, 1.165) is 18.6 Å². The number of hydrogen-bond acceptors (Lipinski definition) is 1. The summed E-state index contributed by atoms with van der Waals surface area (Å²) in [7, 11) is 0. The molecule has 0 saturated carbocycles. The van der Waals surface area contributed by atoms with Gasteiger partial charge in [-0.3, -0.25) is 0 Å². The minimum atomic E-state index is 0.570. The van der Waals surface area contributed by atoms with Gasteiger partial charge in [-0.15, -0.1) is 0 Å². The molecule has 0 aliphatic carbocycles. The van der Waals surface area contributed by atoms with Crippen molar-refractivity contribution in [3.63, 3.8) is 0 Å². The molecule has 0 aliphatic heterocycles. The van der Waals surface area contributed by atoms with Crippen molar-refractivity contribution in [1.29, 1.82) is 0 Å². The smallest absolute Gasteiger partial charge is 0.123 e. The highest BCUT2D eigenvalue weighted by Gasteiger charge is 1.94. The van der Waals surface area contributed by atoms with Crippen molar-refractivity contribution in [3.05, 3.63) is 12.2 Å². The molecule has 0 rings (SSSR count). The van der Waals surface area contributed by atoms with Crippen LogP contribution in [-0.4, -0.2) is 6.29 Å². The number of hydrogen-bond donors (Lipinski definition) is 0. The van der Waals surface area contributed by atoms with E-state index in [1.165, 1.54) is 12.8 Å². The zero-order valence-corrected chi connectivity index (χ0v) is 7.55. The van der Waals surface area contributed by atoms with Crippen LogP contribution in [0.15, 0.2) is 12.2 Å². The molecule has 1 unspecified atom stereocenters. The summed E-state index contributed by atoms with van der Waals surface area (Å²) < 4.78 is 0. The molecule has 0 saturated heterocycles. The number of rotatable bonds is 6. The van der Waals surface area contributed by atoms with Crippen molar-refractivity contribution >= 4 is 6.29 Å². The van der Waals surface area contributed by atoms with E-state index >= 15 is 0 Å². The van der Waals surface area contributed by atoms with Gasteiger partial charge in [-0.25, -0.2) is 0 Å². The van der Waals surface area contributed by atoms with Gasteiger partial charge < -0.3 is 4.79 Å². The number of allylic oxidation sites excluding steroid dienone is 2. The zero-order valence-electron chi connectivity index (χ0n) is 7.55. The standard InChI is InChI=1S/C10H18O/c1-3-10(2)8-6-4-5-7-9-11/h4-5,9-10H,3,6-8H2,1-2H3/b5-4+. The first-order valence-electron chi connectivity index (χ1n) is 4.39. The molecule has 0 amide bonds. The average molecular weight is 154 g/mol. The summed E-state index contributed by atoms with van der Waals surface area (Å²) in [5.74, 6) is 0.816. The molecule has 0 fully saturated rings. The van der Waals surface area contributed by atoms with E-state index in [1.807, 2.05) is 6.08 Å². The Labute approximate surface area is 69.5 Å². The van der Waals surface area contributed by atoms with Crippen molar-refractivity contribution in [2.24, 2.45) is 5.92 Å². The molecule has 0 spiro atoms. The molecule has 1 atom stereocenters. The molecule has 0 heterocycles. The lowest BCUT2D eigenvalue weighted by Gasteiger charge is -2.03. The quantitative estimate of drug-likeness (QED) is 0.424. The third kappa shape index (κ3) is 7.31. The Balaban J connectivity index is 3.18. The van der Waals surface area contributed by atoms with Crippen LogP contribution in [0.2, 0.25) is 0 Å². The number of carbonyl (C=O) groups is 1. The van der Waals surface area contributed by atoms with Crippen molar-refractivity contribution in [2.45, 2.75) is 39.5 Å². The topological polar surface area (TPSA) is 17.1 Å². The zero-order chi connectivity index (χ0) is 8.53. The largest absolute Gasteiger partial charge is 0.303 e. The summed E-state index contributed by atoms with van der Waals surface area (Å²) in [4.78, 5) is 9.91. The molecule has 11 heavy (non-hydrogen) atoms. The van der Waals surface area contributed by atoms with Gasteiger partial charge in [0.05, 0.1) is 0 Å². The van der Waals surface area contributed by atoms with Crippen molar-refractivity contribution in [2.75, 3.05) is 0 Å². The molecule has 1 nitrogen and oxygen atoms in total. The van der Waals surface area contributed by atoms with Gasteiger partial charge in [0.2, 0.25) is 0 Å². The lowest BCUT2D eigenvalue weighted by atomic mass is 10.0. The first kappa shape index (κ1) is 10.4. The van der Waals surface area contributed by atoms with E-state index in [2.05, 4.69) is 19.9 Å².